The number of fused-ring (bicyclic) bond motifs is 3. The molecular weight excluding hydrogens is 430 g/mol. The van der Waals surface area contributed by atoms with Crippen molar-refractivity contribution in [3.63, 3.8) is 0 Å². The lowest BCUT2D eigenvalue weighted by Crippen LogP contribution is -2.49. The molecule has 2 saturated carbocycles. The second kappa shape index (κ2) is 6.80. The van der Waals surface area contributed by atoms with E-state index < -0.39 is 24.4 Å². The molecule has 3 aromatic heterocycles. The highest BCUT2D eigenvalue weighted by Gasteiger charge is 2.56. The fraction of sp³-hybridized carbons (Fsp3) is 0.391. The summed E-state index contributed by atoms with van der Waals surface area (Å²) in [5.41, 5.74) is 7.27. The van der Waals surface area contributed by atoms with Gasteiger partial charge in [-0.3, -0.25) is 4.98 Å². The van der Waals surface area contributed by atoms with Gasteiger partial charge in [-0.2, -0.15) is 4.52 Å². The lowest BCUT2D eigenvalue weighted by molar-refractivity contribution is -0.210. The first-order valence-corrected chi connectivity index (χ1v) is 10.8. The Kier molecular flexibility index (Phi) is 4.17. The van der Waals surface area contributed by atoms with Crippen LogP contribution < -0.4 is 10.5 Å². The number of anilines is 1. The molecule has 0 radical (unpaired) electrons. The molecule has 2 aliphatic rings. The Balaban J connectivity index is 1.22. The van der Waals surface area contributed by atoms with E-state index in [4.69, 9.17) is 15.5 Å². The number of pyridine rings is 1. The van der Waals surface area contributed by atoms with Crippen LogP contribution >= 0.6 is 0 Å². The minimum atomic E-state index is -2.80. The van der Waals surface area contributed by atoms with Crippen molar-refractivity contribution in [1.29, 1.82) is 0 Å². The Morgan fingerprint density at radius 2 is 1.91 bits per heavy atom. The molecule has 8 nitrogen and oxygen atoms in total. The van der Waals surface area contributed by atoms with E-state index in [1.165, 1.54) is 6.20 Å². The lowest BCUT2D eigenvalue weighted by atomic mass is 9.71. The topological polar surface area (TPSA) is 111 Å². The van der Waals surface area contributed by atoms with E-state index in [2.05, 4.69) is 15.1 Å². The third kappa shape index (κ3) is 3.12. The standard InChI is InChI=1S/C23H22F2N6O2/c1-33-17-4-2-3-15-18(17)28-21(26)31-20(15)29-19(30-31)13-7-12(8-13)16-6-5-14(9-27-16)22(32)10-23(24,25)11-22/h2-6,9,12-13,32H,7-8,10-11H2,1H3,(H2,26,28). The molecule has 0 unspecified atom stereocenters. The van der Waals surface area contributed by atoms with Gasteiger partial charge in [0.05, 0.1) is 7.11 Å². The summed E-state index contributed by atoms with van der Waals surface area (Å²) in [5.74, 6) is -0.845. The Hall–Kier alpha value is -3.40. The summed E-state index contributed by atoms with van der Waals surface area (Å²) in [6.45, 7) is 0. The van der Waals surface area contributed by atoms with E-state index in [0.29, 0.717) is 28.3 Å². The maximum absolute atomic E-state index is 13.2. The van der Waals surface area contributed by atoms with Crippen molar-refractivity contribution in [2.45, 2.75) is 49.0 Å². The van der Waals surface area contributed by atoms with E-state index in [1.807, 2.05) is 24.3 Å². The van der Waals surface area contributed by atoms with Crippen molar-refractivity contribution in [1.82, 2.24) is 24.6 Å². The fourth-order valence-corrected chi connectivity index (χ4v) is 4.98. The summed E-state index contributed by atoms with van der Waals surface area (Å²) in [4.78, 5) is 13.6. The van der Waals surface area contributed by atoms with E-state index in [1.54, 1.807) is 17.7 Å². The number of aliphatic hydroxyl groups is 1. The van der Waals surface area contributed by atoms with Crippen LogP contribution in [-0.2, 0) is 5.60 Å². The van der Waals surface area contributed by atoms with Crippen LogP contribution in [0.1, 0.15) is 54.6 Å². The van der Waals surface area contributed by atoms with E-state index in [-0.39, 0.29) is 17.8 Å². The van der Waals surface area contributed by atoms with Crippen molar-refractivity contribution in [2.75, 3.05) is 12.8 Å². The van der Waals surface area contributed by atoms with Gasteiger partial charge in [-0.05, 0) is 31.0 Å². The summed E-state index contributed by atoms with van der Waals surface area (Å²) in [5, 5.41) is 15.8. The van der Waals surface area contributed by atoms with Gasteiger partial charge in [0.2, 0.25) is 5.95 Å². The predicted molar refractivity (Wildman–Crippen MR) is 116 cm³/mol. The van der Waals surface area contributed by atoms with Gasteiger partial charge in [-0.25, -0.2) is 18.7 Å². The molecule has 6 rings (SSSR count). The number of aromatic nitrogens is 5. The number of rotatable bonds is 4. The lowest BCUT2D eigenvalue weighted by Gasteiger charge is -2.43. The number of nitrogens with zero attached hydrogens (tertiary/aromatic N) is 5. The van der Waals surface area contributed by atoms with Crippen molar-refractivity contribution in [2.24, 2.45) is 0 Å². The Morgan fingerprint density at radius 3 is 2.58 bits per heavy atom. The number of ether oxygens (including phenoxy) is 1. The summed E-state index contributed by atoms with van der Waals surface area (Å²) in [6, 6.07) is 9.15. The van der Waals surface area contributed by atoms with Gasteiger partial charge in [0.15, 0.2) is 11.5 Å². The minimum absolute atomic E-state index is 0.158. The SMILES string of the molecule is COc1cccc2c1nc(N)n1nc(C3CC(c4ccc(C5(O)CC(F)(F)C5)cn4)C3)nc21. The number of methoxy groups -OCH3 is 1. The van der Waals surface area contributed by atoms with Crippen molar-refractivity contribution >= 4 is 22.5 Å². The van der Waals surface area contributed by atoms with Crippen LogP contribution in [0.4, 0.5) is 14.7 Å². The largest absolute Gasteiger partial charge is 0.494 e. The zero-order valence-electron chi connectivity index (χ0n) is 17.9. The highest BCUT2D eigenvalue weighted by atomic mass is 19.3. The quantitative estimate of drug-likeness (QED) is 0.487. The van der Waals surface area contributed by atoms with E-state index >= 15 is 0 Å². The number of nitrogens with two attached hydrogens (primary N) is 1. The van der Waals surface area contributed by atoms with Crippen LogP contribution in [0.2, 0.25) is 0 Å². The third-order valence-electron chi connectivity index (χ3n) is 6.87. The predicted octanol–water partition coefficient (Wildman–Crippen LogP) is 3.54. The van der Waals surface area contributed by atoms with E-state index in [0.717, 1.165) is 23.9 Å². The molecule has 33 heavy (non-hydrogen) atoms. The molecule has 0 bridgehead atoms. The average molecular weight is 452 g/mol. The normalized spacial score (nSPS) is 23.3. The highest BCUT2D eigenvalue weighted by Crippen LogP contribution is 2.52. The summed E-state index contributed by atoms with van der Waals surface area (Å²) in [6.07, 6.45) is 2.06. The van der Waals surface area contributed by atoms with Gasteiger partial charge < -0.3 is 15.6 Å². The monoisotopic (exact) mass is 452 g/mol. The zero-order chi connectivity index (χ0) is 23.0. The molecule has 0 saturated heterocycles. The fourth-order valence-electron chi connectivity index (χ4n) is 4.98. The first-order chi connectivity index (χ1) is 15.8. The third-order valence-corrected chi connectivity index (χ3v) is 6.87. The van der Waals surface area contributed by atoms with Gasteiger partial charge in [-0.1, -0.05) is 12.1 Å². The molecule has 170 valence electrons. The first kappa shape index (κ1) is 20.2. The van der Waals surface area contributed by atoms with Crippen LogP contribution in [0.25, 0.3) is 16.6 Å². The van der Waals surface area contributed by atoms with Crippen molar-refractivity contribution in [3.8, 4) is 5.75 Å². The Labute approximate surface area is 187 Å². The molecule has 3 heterocycles. The molecule has 1 aromatic carbocycles. The maximum Gasteiger partial charge on any atom is 0.254 e. The number of benzene rings is 1. The van der Waals surface area contributed by atoms with Gasteiger partial charge in [0, 0.05) is 47.5 Å². The van der Waals surface area contributed by atoms with Crippen LogP contribution in [0.5, 0.6) is 5.75 Å². The minimum Gasteiger partial charge on any atom is -0.494 e. The second-order valence-corrected chi connectivity index (χ2v) is 9.11. The highest BCUT2D eigenvalue weighted by molar-refractivity contribution is 5.95. The second-order valence-electron chi connectivity index (χ2n) is 9.11. The zero-order valence-corrected chi connectivity index (χ0v) is 17.9. The number of nitrogen functional groups attached to an aromatic ring is 1. The molecule has 0 amide bonds. The summed E-state index contributed by atoms with van der Waals surface area (Å²) >= 11 is 0. The van der Waals surface area contributed by atoms with Crippen LogP contribution in [0.15, 0.2) is 36.5 Å². The Morgan fingerprint density at radius 1 is 1.12 bits per heavy atom. The van der Waals surface area contributed by atoms with Crippen molar-refractivity contribution < 1.29 is 18.6 Å². The van der Waals surface area contributed by atoms with Gasteiger partial charge >= 0.3 is 0 Å². The molecule has 2 aliphatic carbocycles. The first-order valence-electron chi connectivity index (χ1n) is 10.8. The Bertz CT molecular complexity index is 1370. The molecule has 2 fully saturated rings. The van der Waals surface area contributed by atoms with Crippen LogP contribution in [-0.4, -0.2) is 42.7 Å². The molecule has 0 aliphatic heterocycles. The van der Waals surface area contributed by atoms with Crippen LogP contribution in [0, 0.1) is 0 Å². The molecule has 0 spiro atoms. The molecule has 10 heteroatoms. The number of hydrogen-bond acceptors (Lipinski definition) is 7. The average Bonchev–Trinajstić information content (AvgIpc) is 3.17. The van der Waals surface area contributed by atoms with Gasteiger partial charge in [0.1, 0.15) is 16.9 Å². The maximum atomic E-state index is 13.2. The summed E-state index contributed by atoms with van der Waals surface area (Å²) in [7, 11) is 1.59. The van der Waals surface area contributed by atoms with Crippen molar-refractivity contribution in [3.05, 3.63) is 53.6 Å². The smallest absolute Gasteiger partial charge is 0.254 e. The number of hydrogen-bond donors (Lipinski definition) is 2. The molecule has 4 aromatic rings. The number of alkyl halides is 2. The summed E-state index contributed by atoms with van der Waals surface area (Å²) < 4.78 is 33.4. The molecule has 0 atom stereocenters. The molecule has 3 N–H and O–H groups in total. The van der Waals surface area contributed by atoms with E-state index in [9.17, 15) is 13.9 Å². The number of halogens is 2. The molecular formula is C23H22F2N6O2. The van der Waals surface area contributed by atoms with Gasteiger partial charge in [-0.15, -0.1) is 5.10 Å². The van der Waals surface area contributed by atoms with Crippen LogP contribution in [0.3, 0.4) is 0 Å². The number of para-hydroxylation sites is 1. The van der Waals surface area contributed by atoms with Gasteiger partial charge in [0.25, 0.3) is 5.92 Å².